The first kappa shape index (κ1) is 15.9. The molecular formula is C17H16ClN3OS. The molecule has 23 heavy (non-hydrogen) atoms. The lowest BCUT2D eigenvalue weighted by atomic mass is 10.2. The Bertz CT molecular complexity index is 792. The number of H-pyrrole nitrogens is 1. The van der Waals surface area contributed by atoms with Crippen LogP contribution in [0.3, 0.4) is 0 Å². The molecule has 0 saturated heterocycles. The largest absolute Gasteiger partial charge is 0.496 e. The van der Waals surface area contributed by atoms with Gasteiger partial charge in [-0.15, -0.1) is 5.10 Å². The molecule has 1 heterocycles. The van der Waals surface area contributed by atoms with Crippen molar-refractivity contribution < 1.29 is 4.74 Å². The second-order valence-electron chi connectivity index (χ2n) is 4.98. The van der Waals surface area contributed by atoms with Crippen molar-refractivity contribution in [2.24, 2.45) is 0 Å². The number of methoxy groups -OCH3 is 1. The molecule has 3 aromatic rings. The van der Waals surface area contributed by atoms with Gasteiger partial charge in [-0.3, -0.25) is 5.10 Å². The highest BCUT2D eigenvalue weighted by Gasteiger charge is 2.14. The Morgan fingerprint density at radius 3 is 2.70 bits per heavy atom. The number of thioether (sulfide) groups is 1. The SMILES string of the molecule is COc1ccc(Cl)cc1-c1nc(S[C@@H](C)c2ccccc2)n[nH]1. The molecule has 1 atom stereocenters. The van der Waals surface area contributed by atoms with Crippen LogP contribution in [-0.2, 0) is 0 Å². The van der Waals surface area contributed by atoms with Gasteiger partial charge in [0.25, 0.3) is 0 Å². The van der Waals surface area contributed by atoms with Gasteiger partial charge in [0.2, 0.25) is 5.16 Å². The third-order valence-corrected chi connectivity index (χ3v) is 4.69. The predicted octanol–water partition coefficient (Wildman–Crippen LogP) is 4.99. The van der Waals surface area contributed by atoms with Crippen molar-refractivity contribution in [3.05, 3.63) is 59.1 Å². The van der Waals surface area contributed by atoms with E-state index in [1.54, 1.807) is 24.9 Å². The van der Waals surface area contributed by atoms with Gasteiger partial charge >= 0.3 is 0 Å². The fourth-order valence-corrected chi connectivity index (χ4v) is 3.26. The van der Waals surface area contributed by atoms with Crippen molar-refractivity contribution >= 4 is 23.4 Å². The monoisotopic (exact) mass is 345 g/mol. The first-order valence-electron chi connectivity index (χ1n) is 7.15. The van der Waals surface area contributed by atoms with E-state index >= 15 is 0 Å². The van der Waals surface area contributed by atoms with E-state index in [9.17, 15) is 0 Å². The van der Waals surface area contributed by atoms with Gasteiger partial charge in [-0.25, -0.2) is 4.98 Å². The molecule has 3 rings (SSSR count). The smallest absolute Gasteiger partial charge is 0.209 e. The van der Waals surface area contributed by atoms with Gasteiger partial charge in [0, 0.05) is 10.3 Å². The van der Waals surface area contributed by atoms with Gasteiger partial charge < -0.3 is 4.74 Å². The van der Waals surface area contributed by atoms with Gasteiger partial charge in [0.1, 0.15) is 5.75 Å². The third kappa shape index (κ3) is 3.68. The molecule has 6 heteroatoms. The lowest BCUT2D eigenvalue weighted by Crippen LogP contribution is -1.90. The average Bonchev–Trinajstić information content (AvgIpc) is 3.04. The molecular weight excluding hydrogens is 330 g/mol. The Morgan fingerprint density at radius 1 is 1.17 bits per heavy atom. The molecule has 0 radical (unpaired) electrons. The number of ether oxygens (including phenoxy) is 1. The summed E-state index contributed by atoms with van der Waals surface area (Å²) in [6.07, 6.45) is 0. The van der Waals surface area contributed by atoms with E-state index in [4.69, 9.17) is 16.3 Å². The van der Waals surface area contributed by atoms with Crippen LogP contribution in [0.4, 0.5) is 0 Å². The molecule has 4 nitrogen and oxygen atoms in total. The zero-order chi connectivity index (χ0) is 16.2. The second kappa shape index (κ2) is 7.06. The Kier molecular flexibility index (Phi) is 4.88. The van der Waals surface area contributed by atoms with Gasteiger partial charge in [-0.05, 0) is 30.7 Å². The van der Waals surface area contributed by atoms with Crippen molar-refractivity contribution in [2.45, 2.75) is 17.3 Å². The minimum absolute atomic E-state index is 0.265. The van der Waals surface area contributed by atoms with Crippen molar-refractivity contribution in [1.29, 1.82) is 0 Å². The molecule has 0 bridgehead atoms. The summed E-state index contributed by atoms with van der Waals surface area (Å²) in [5, 5.41) is 8.84. The third-order valence-electron chi connectivity index (χ3n) is 3.43. The summed E-state index contributed by atoms with van der Waals surface area (Å²) < 4.78 is 5.36. The molecule has 0 amide bonds. The number of aromatic amines is 1. The van der Waals surface area contributed by atoms with Crippen LogP contribution >= 0.6 is 23.4 Å². The highest BCUT2D eigenvalue weighted by Crippen LogP contribution is 2.35. The topological polar surface area (TPSA) is 50.8 Å². The van der Waals surface area contributed by atoms with Crippen molar-refractivity contribution in [2.75, 3.05) is 7.11 Å². The lowest BCUT2D eigenvalue weighted by Gasteiger charge is -2.08. The number of hydrogen-bond donors (Lipinski definition) is 1. The van der Waals surface area contributed by atoms with E-state index in [0.29, 0.717) is 21.8 Å². The maximum atomic E-state index is 6.07. The molecule has 0 aliphatic heterocycles. The zero-order valence-corrected chi connectivity index (χ0v) is 14.4. The standard InChI is InChI=1S/C17H16ClN3OS/c1-11(12-6-4-3-5-7-12)23-17-19-16(20-21-17)14-10-13(18)8-9-15(14)22-2/h3-11H,1-2H3,(H,19,20,21)/t11-/m0/s1. The highest BCUT2D eigenvalue weighted by molar-refractivity contribution is 7.99. The maximum Gasteiger partial charge on any atom is 0.209 e. The van der Waals surface area contributed by atoms with Crippen LogP contribution in [0.2, 0.25) is 5.02 Å². The Morgan fingerprint density at radius 2 is 1.96 bits per heavy atom. The van der Waals surface area contributed by atoms with Crippen LogP contribution in [0.15, 0.2) is 53.7 Å². The molecule has 0 aliphatic rings. The van der Waals surface area contributed by atoms with E-state index in [2.05, 4.69) is 34.2 Å². The number of aromatic nitrogens is 3. The van der Waals surface area contributed by atoms with Crippen LogP contribution in [-0.4, -0.2) is 22.3 Å². The van der Waals surface area contributed by atoms with E-state index in [-0.39, 0.29) is 5.25 Å². The predicted molar refractivity (Wildman–Crippen MR) is 94.1 cm³/mol. The summed E-state index contributed by atoms with van der Waals surface area (Å²) in [6, 6.07) is 15.7. The molecule has 0 aliphatic carbocycles. The van der Waals surface area contributed by atoms with Gasteiger partial charge in [0.15, 0.2) is 5.82 Å². The number of nitrogens with one attached hydrogen (secondary N) is 1. The molecule has 1 N–H and O–H groups in total. The van der Waals surface area contributed by atoms with Crippen LogP contribution < -0.4 is 4.74 Å². The van der Waals surface area contributed by atoms with Crippen molar-refractivity contribution in [3.63, 3.8) is 0 Å². The molecule has 0 unspecified atom stereocenters. The fraction of sp³-hybridized carbons (Fsp3) is 0.176. The molecule has 2 aromatic carbocycles. The minimum Gasteiger partial charge on any atom is -0.496 e. The summed E-state index contributed by atoms with van der Waals surface area (Å²) in [7, 11) is 1.62. The van der Waals surface area contributed by atoms with E-state index < -0.39 is 0 Å². The molecule has 0 saturated carbocycles. The van der Waals surface area contributed by atoms with Crippen LogP contribution in [0, 0.1) is 0 Å². The number of nitrogens with zero attached hydrogens (tertiary/aromatic N) is 2. The lowest BCUT2D eigenvalue weighted by molar-refractivity contribution is 0.416. The maximum absolute atomic E-state index is 6.07. The molecule has 0 fully saturated rings. The van der Waals surface area contributed by atoms with E-state index in [1.807, 2.05) is 30.3 Å². The van der Waals surface area contributed by atoms with Gasteiger partial charge in [0.05, 0.1) is 12.7 Å². The van der Waals surface area contributed by atoms with Crippen LogP contribution in [0.1, 0.15) is 17.7 Å². The van der Waals surface area contributed by atoms with Crippen molar-refractivity contribution in [1.82, 2.24) is 15.2 Å². The highest BCUT2D eigenvalue weighted by atomic mass is 35.5. The summed E-state index contributed by atoms with van der Waals surface area (Å²) in [4.78, 5) is 4.55. The summed E-state index contributed by atoms with van der Waals surface area (Å²) in [6.45, 7) is 2.13. The Labute approximate surface area is 144 Å². The van der Waals surface area contributed by atoms with Gasteiger partial charge in [-0.2, -0.15) is 0 Å². The average molecular weight is 346 g/mol. The van der Waals surface area contributed by atoms with Crippen LogP contribution in [0.25, 0.3) is 11.4 Å². The number of hydrogen-bond acceptors (Lipinski definition) is 4. The van der Waals surface area contributed by atoms with Crippen LogP contribution in [0.5, 0.6) is 5.75 Å². The first-order chi connectivity index (χ1) is 11.2. The minimum atomic E-state index is 0.265. The zero-order valence-electron chi connectivity index (χ0n) is 12.8. The number of halogens is 1. The second-order valence-corrected chi connectivity index (χ2v) is 6.73. The fourth-order valence-electron chi connectivity index (χ4n) is 2.24. The summed E-state index contributed by atoms with van der Waals surface area (Å²) in [5.74, 6) is 1.35. The summed E-state index contributed by atoms with van der Waals surface area (Å²) >= 11 is 7.67. The summed E-state index contributed by atoms with van der Waals surface area (Å²) in [5.41, 5.74) is 2.04. The Hall–Kier alpha value is -1.98. The normalized spacial score (nSPS) is 12.1. The molecule has 0 spiro atoms. The first-order valence-corrected chi connectivity index (χ1v) is 8.41. The number of rotatable bonds is 5. The Balaban J connectivity index is 1.82. The quantitative estimate of drug-likeness (QED) is 0.662. The van der Waals surface area contributed by atoms with E-state index in [1.165, 1.54) is 5.56 Å². The number of benzene rings is 2. The van der Waals surface area contributed by atoms with Crippen molar-refractivity contribution in [3.8, 4) is 17.1 Å². The van der Waals surface area contributed by atoms with E-state index in [0.717, 1.165) is 5.56 Å². The molecule has 118 valence electrons. The van der Waals surface area contributed by atoms with Gasteiger partial charge in [-0.1, -0.05) is 53.7 Å². The molecule has 1 aromatic heterocycles.